The molecular formula is C22H25N3O11. The molecule has 0 bridgehead atoms. The van der Waals surface area contributed by atoms with Crippen LogP contribution in [0.3, 0.4) is 0 Å². The summed E-state index contributed by atoms with van der Waals surface area (Å²) < 4.78 is 21.1. The monoisotopic (exact) mass is 507 g/mol. The molecule has 0 saturated heterocycles. The summed E-state index contributed by atoms with van der Waals surface area (Å²) in [7, 11) is 0. The number of hydrogen-bond acceptors (Lipinski definition) is 12. The zero-order chi connectivity index (χ0) is 26.2. The first kappa shape index (κ1) is 26.2. The number of benzene rings is 1. The number of non-ortho nitro benzene ring substituents is 1. The van der Waals surface area contributed by atoms with Gasteiger partial charge in [0.25, 0.3) is 10.8 Å². The highest BCUT2D eigenvalue weighted by Gasteiger charge is 2.36. The van der Waals surface area contributed by atoms with E-state index in [2.05, 4.69) is 10.2 Å². The van der Waals surface area contributed by atoms with E-state index in [1.807, 2.05) is 0 Å². The summed E-state index contributed by atoms with van der Waals surface area (Å²) in [5, 5.41) is 23.5. The van der Waals surface area contributed by atoms with Crippen LogP contribution in [0.5, 0.6) is 0 Å². The highest BCUT2D eigenvalue weighted by atomic mass is 17.0. The Balaban J connectivity index is 1.87. The van der Waals surface area contributed by atoms with E-state index in [1.54, 1.807) is 19.9 Å². The average Bonchev–Trinajstić information content (AvgIpc) is 3.32. The number of nitrogens with zero attached hydrogens (tertiary/aromatic N) is 2. The Hall–Kier alpha value is -4.36. The van der Waals surface area contributed by atoms with Crippen molar-refractivity contribution in [3.05, 3.63) is 73.0 Å². The lowest BCUT2D eigenvalue weighted by molar-refractivity contribution is -0.757. The van der Waals surface area contributed by atoms with Crippen LogP contribution in [-0.4, -0.2) is 41.6 Å². The quantitative estimate of drug-likeness (QED) is 0.218. The lowest BCUT2D eigenvalue weighted by Crippen LogP contribution is -2.30. The Labute approximate surface area is 205 Å². The topological polar surface area (TPSA) is 179 Å². The van der Waals surface area contributed by atoms with Crippen molar-refractivity contribution in [2.45, 2.75) is 51.6 Å². The minimum Gasteiger partial charge on any atom is -0.432 e. The number of rotatable bonds is 9. The van der Waals surface area contributed by atoms with E-state index in [0.717, 1.165) is 25.7 Å². The predicted molar refractivity (Wildman–Crippen MR) is 120 cm³/mol. The number of nitro groups is 1. The van der Waals surface area contributed by atoms with Gasteiger partial charge < -0.3 is 29.1 Å². The molecule has 14 heteroatoms. The number of carbonyl (C=O) groups is 2. The molecule has 36 heavy (non-hydrogen) atoms. The van der Waals surface area contributed by atoms with Crippen LogP contribution in [0.1, 0.15) is 51.0 Å². The first-order valence-electron chi connectivity index (χ1n) is 11.1. The number of dihydropyridines is 1. The normalized spacial score (nSPS) is 17.8. The van der Waals surface area contributed by atoms with Crippen molar-refractivity contribution in [2.75, 3.05) is 13.2 Å². The fourth-order valence-electron chi connectivity index (χ4n) is 3.96. The molecule has 1 saturated carbocycles. The second-order valence-electron chi connectivity index (χ2n) is 8.02. The first-order chi connectivity index (χ1) is 17.2. The summed E-state index contributed by atoms with van der Waals surface area (Å²) in [6.07, 6.45) is 0.889. The maximum absolute atomic E-state index is 12.6. The van der Waals surface area contributed by atoms with Crippen molar-refractivity contribution < 1.29 is 43.4 Å². The molecular weight excluding hydrogens is 482 g/mol. The molecule has 0 radical (unpaired) electrons. The summed E-state index contributed by atoms with van der Waals surface area (Å²) in [4.78, 5) is 50.0. The molecule has 1 heterocycles. The van der Waals surface area contributed by atoms with Gasteiger partial charge in [-0.05, 0) is 45.1 Å². The smallest absolute Gasteiger partial charge is 0.432 e. The van der Waals surface area contributed by atoms with Crippen LogP contribution < -0.4 is 5.32 Å². The lowest BCUT2D eigenvalue weighted by Gasteiger charge is -2.30. The average molecular weight is 507 g/mol. The molecule has 1 aromatic rings. The number of carbonyl (C=O) groups excluding carboxylic acids is 2. The van der Waals surface area contributed by atoms with Gasteiger partial charge in [-0.25, -0.2) is 9.59 Å². The Morgan fingerprint density at radius 1 is 1.00 bits per heavy atom. The molecule has 0 spiro atoms. The third-order valence-corrected chi connectivity index (χ3v) is 5.50. The number of ether oxygens (including phenoxy) is 4. The SMILES string of the molecule is CC1=C(OC(=O)OCCO[N+](=O)[O-])C(c2cccc([N+](=O)[O-])c2)C(OC(=O)OC2CCCC2)=C(C)N1. The van der Waals surface area contributed by atoms with Crippen LogP contribution in [0.4, 0.5) is 15.3 Å². The van der Waals surface area contributed by atoms with Gasteiger partial charge in [-0.2, -0.15) is 0 Å². The van der Waals surface area contributed by atoms with Crippen molar-refractivity contribution in [3.8, 4) is 0 Å². The number of nitro benzene ring substituents is 1. The standard InChI is InChI=1S/C22H25N3O11/c1-13-19(35-21(26)32-10-11-33-25(30)31)18(15-6-5-7-16(12-15)24(28)29)20(14(2)23-13)36-22(27)34-17-8-3-4-9-17/h5-7,12,17-18,23H,3-4,8-11H2,1-2H3. The van der Waals surface area contributed by atoms with E-state index in [-0.39, 0.29) is 23.3 Å². The molecule has 1 fully saturated rings. The van der Waals surface area contributed by atoms with Crippen LogP contribution in [0, 0.1) is 20.2 Å². The lowest BCUT2D eigenvalue weighted by atomic mass is 9.90. The van der Waals surface area contributed by atoms with Gasteiger partial charge in [0.05, 0.1) is 16.3 Å². The Morgan fingerprint density at radius 2 is 1.64 bits per heavy atom. The van der Waals surface area contributed by atoms with Crippen LogP contribution in [0.25, 0.3) is 0 Å². The zero-order valence-electron chi connectivity index (χ0n) is 19.6. The van der Waals surface area contributed by atoms with Crippen molar-refractivity contribution in [3.63, 3.8) is 0 Å². The van der Waals surface area contributed by atoms with E-state index < -0.39 is 41.5 Å². The third-order valence-electron chi connectivity index (χ3n) is 5.50. The Morgan fingerprint density at radius 3 is 2.25 bits per heavy atom. The molecule has 2 aliphatic rings. The van der Waals surface area contributed by atoms with Gasteiger partial charge in [0.1, 0.15) is 36.8 Å². The minimum atomic E-state index is -1.21. The molecule has 0 amide bonds. The van der Waals surface area contributed by atoms with E-state index in [0.29, 0.717) is 17.0 Å². The van der Waals surface area contributed by atoms with E-state index in [1.165, 1.54) is 18.2 Å². The third kappa shape index (κ3) is 6.84. The largest absolute Gasteiger partial charge is 0.513 e. The van der Waals surface area contributed by atoms with Gasteiger partial charge in [0, 0.05) is 12.1 Å². The summed E-state index contributed by atoms with van der Waals surface area (Å²) in [6, 6.07) is 5.55. The highest BCUT2D eigenvalue weighted by Crippen LogP contribution is 2.40. The molecule has 1 N–H and O–H groups in total. The number of nitrogens with one attached hydrogen (secondary N) is 1. The van der Waals surface area contributed by atoms with Gasteiger partial charge in [-0.1, -0.05) is 12.1 Å². The number of hydrogen-bond donors (Lipinski definition) is 1. The van der Waals surface area contributed by atoms with E-state index in [4.69, 9.17) is 18.9 Å². The second-order valence-corrected chi connectivity index (χ2v) is 8.02. The van der Waals surface area contributed by atoms with Crippen LogP contribution in [-0.2, 0) is 23.8 Å². The maximum Gasteiger partial charge on any atom is 0.513 e. The van der Waals surface area contributed by atoms with Gasteiger partial charge >= 0.3 is 12.3 Å². The molecule has 1 atom stereocenters. The van der Waals surface area contributed by atoms with Crippen molar-refractivity contribution in [1.29, 1.82) is 0 Å². The van der Waals surface area contributed by atoms with Crippen LogP contribution >= 0.6 is 0 Å². The molecule has 1 aromatic carbocycles. The number of allylic oxidation sites excluding steroid dienone is 2. The van der Waals surface area contributed by atoms with Gasteiger partial charge in [0.2, 0.25) is 0 Å². The molecule has 1 aliphatic carbocycles. The Kier molecular flexibility index (Phi) is 8.65. The summed E-state index contributed by atoms with van der Waals surface area (Å²) in [5.41, 5.74) is 0.812. The minimum absolute atomic E-state index is 0.0172. The van der Waals surface area contributed by atoms with Crippen LogP contribution in [0.2, 0.25) is 0 Å². The second kappa shape index (κ2) is 11.9. The van der Waals surface area contributed by atoms with Crippen molar-refractivity contribution in [2.24, 2.45) is 0 Å². The predicted octanol–water partition coefficient (Wildman–Crippen LogP) is 4.20. The van der Waals surface area contributed by atoms with Crippen LogP contribution in [0.15, 0.2) is 47.2 Å². The van der Waals surface area contributed by atoms with Crippen molar-refractivity contribution in [1.82, 2.24) is 5.32 Å². The molecule has 1 aliphatic heterocycles. The highest BCUT2D eigenvalue weighted by molar-refractivity contribution is 5.65. The van der Waals surface area contributed by atoms with Crippen molar-refractivity contribution >= 4 is 18.0 Å². The Bertz CT molecular complexity index is 1090. The zero-order valence-corrected chi connectivity index (χ0v) is 19.6. The molecule has 1 unspecified atom stereocenters. The van der Waals surface area contributed by atoms with Gasteiger partial charge in [-0.3, -0.25) is 10.1 Å². The summed E-state index contributed by atoms with van der Waals surface area (Å²) in [5.74, 6) is -1.08. The molecule has 14 nitrogen and oxygen atoms in total. The fraction of sp³-hybridized carbons (Fsp3) is 0.455. The molecule has 194 valence electrons. The summed E-state index contributed by atoms with van der Waals surface area (Å²) >= 11 is 0. The first-order valence-corrected chi connectivity index (χ1v) is 11.1. The fourth-order valence-corrected chi connectivity index (χ4v) is 3.96. The molecule has 0 aromatic heterocycles. The summed E-state index contributed by atoms with van der Waals surface area (Å²) in [6.45, 7) is 2.23. The van der Waals surface area contributed by atoms with Gasteiger partial charge in [0.15, 0.2) is 0 Å². The van der Waals surface area contributed by atoms with E-state index >= 15 is 0 Å². The van der Waals surface area contributed by atoms with Gasteiger partial charge in [-0.15, -0.1) is 10.1 Å². The maximum atomic E-state index is 12.6. The van der Waals surface area contributed by atoms with E-state index in [9.17, 15) is 29.8 Å². The molecule has 3 rings (SSSR count).